The Labute approximate surface area is 71.4 Å². The van der Waals surface area contributed by atoms with E-state index in [2.05, 4.69) is 10.1 Å². The maximum absolute atomic E-state index is 10.8. The molecule has 2 aromatic rings. The molecule has 0 atom stereocenters. The monoisotopic (exact) mass is 179 g/mol. The fraction of sp³-hybridized carbons (Fsp3) is 0. The number of rotatable bonds is 1. The van der Waals surface area contributed by atoms with Crippen molar-refractivity contribution in [3.8, 4) is 0 Å². The molecule has 6 nitrogen and oxygen atoms in total. The predicted octanol–water partition coefficient (Wildman–Crippen LogP) is -0.279. The zero-order valence-electron chi connectivity index (χ0n) is 6.39. The molecule has 0 aliphatic heterocycles. The third kappa shape index (κ3) is 1.18. The lowest BCUT2D eigenvalue weighted by Crippen LogP contribution is -2.03. The minimum Gasteiger partial charge on any atom is -0.478 e. The Hall–Kier alpha value is -2.11. The topological polar surface area (TPSA) is 87.5 Å². The van der Waals surface area contributed by atoms with Gasteiger partial charge >= 0.3 is 5.97 Å². The molecule has 0 saturated carbocycles. The molecule has 0 radical (unpaired) electrons. The van der Waals surface area contributed by atoms with E-state index < -0.39 is 5.97 Å². The highest BCUT2D eigenvalue weighted by molar-refractivity contribution is 5.86. The number of hydrogen-bond acceptors (Lipinski definition) is 3. The van der Waals surface area contributed by atoms with Gasteiger partial charge in [0.25, 0.3) is 5.56 Å². The lowest BCUT2D eigenvalue weighted by Gasteiger charge is -1.94. The average molecular weight is 179 g/mol. The fourth-order valence-electron chi connectivity index (χ4n) is 1.01. The molecule has 2 rings (SSSR count). The van der Waals surface area contributed by atoms with E-state index in [4.69, 9.17) is 5.11 Å². The molecule has 0 aliphatic rings. The molecule has 2 heterocycles. The van der Waals surface area contributed by atoms with Crippen molar-refractivity contribution in [1.29, 1.82) is 0 Å². The summed E-state index contributed by atoms with van der Waals surface area (Å²) in [6.07, 6.45) is 2.50. The highest BCUT2D eigenvalue weighted by Crippen LogP contribution is 1.98. The van der Waals surface area contributed by atoms with Crippen LogP contribution in [-0.4, -0.2) is 25.7 Å². The van der Waals surface area contributed by atoms with Crippen LogP contribution in [0.4, 0.5) is 0 Å². The zero-order valence-corrected chi connectivity index (χ0v) is 6.39. The second-order valence-electron chi connectivity index (χ2n) is 2.50. The lowest BCUT2D eigenvalue weighted by molar-refractivity contribution is 0.0695. The van der Waals surface area contributed by atoms with Crippen LogP contribution < -0.4 is 5.56 Å². The molecule has 0 aliphatic carbocycles. The van der Waals surface area contributed by atoms with Gasteiger partial charge in [-0.2, -0.15) is 0 Å². The van der Waals surface area contributed by atoms with Crippen molar-refractivity contribution in [2.75, 3.05) is 0 Å². The molecule has 0 saturated heterocycles. The van der Waals surface area contributed by atoms with Gasteiger partial charge in [-0.25, -0.2) is 14.3 Å². The van der Waals surface area contributed by atoms with Crippen LogP contribution in [0.15, 0.2) is 23.3 Å². The van der Waals surface area contributed by atoms with Gasteiger partial charge in [-0.15, -0.1) is 0 Å². The largest absolute Gasteiger partial charge is 0.478 e. The van der Waals surface area contributed by atoms with Gasteiger partial charge in [-0.1, -0.05) is 0 Å². The minimum absolute atomic E-state index is 0.0272. The van der Waals surface area contributed by atoms with Crippen LogP contribution in [0, 0.1) is 0 Å². The van der Waals surface area contributed by atoms with E-state index in [0.29, 0.717) is 5.65 Å². The average Bonchev–Trinajstić information content (AvgIpc) is 2.42. The molecular formula is C7H5N3O3. The van der Waals surface area contributed by atoms with Crippen molar-refractivity contribution in [3.63, 3.8) is 0 Å². The minimum atomic E-state index is -1.08. The van der Waals surface area contributed by atoms with Gasteiger partial charge in [0.2, 0.25) is 0 Å². The van der Waals surface area contributed by atoms with Crippen molar-refractivity contribution < 1.29 is 9.90 Å². The van der Waals surface area contributed by atoms with Crippen LogP contribution in [0.2, 0.25) is 0 Å². The maximum atomic E-state index is 10.8. The summed E-state index contributed by atoms with van der Waals surface area (Å²) in [5, 5.41) is 11.0. The highest BCUT2D eigenvalue weighted by atomic mass is 16.4. The van der Waals surface area contributed by atoms with E-state index in [0.717, 1.165) is 0 Å². The fourth-order valence-corrected chi connectivity index (χ4v) is 1.01. The number of aromatic carboxylic acids is 1. The summed E-state index contributed by atoms with van der Waals surface area (Å²) in [5.74, 6) is -1.08. The number of carboxylic acids is 1. The van der Waals surface area contributed by atoms with E-state index in [1.54, 1.807) is 0 Å². The molecule has 0 spiro atoms. The number of carbonyl (C=O) groups is 1. The van der Waals surface area contributed by atoms with E-state index in [9.17, 15) is 9.59 Å². The van der Waals surface area contributed by atoms with Crippen molar-refractivity contribution in [1.82, 2.24) is 14.6 Å². The Morgan fingerprint density at radius 2 is 2.38 bits per heavy atom. The molecule has 0 aromatic carbocycles. The first-order chi connectivity index (χ1) is 6.16. The standard InChI is InChI=1S/C7H5N3O3/c11-6-1-5-8-2-4(7(12)13)3-10(5)9-6/h1-3H,(H,9,11)(H,12,13). The van der Waals surface area contributed by atoms with Crippen LogP contribution >= 0.6 is 0 Å². The summed E-state index contributed by atoms with van der Waals surface area (Å²) < 4.78 is 1.27. The summed E-state index contributed by atoms with van der Waals surface area (Å²) >= 11 is 0. The Balaban J connectivity index is 2.74. The van der Waals surface area contributed by atoms with Crippen LogP contribution in [0.5, 0.6) is 0 Å². The molecule has 13 heavy (non-hydrogen) atoms. The van der Waals surface area contributed by atoms with Crippen LogP contribution in [0.1, 0.15) is 10.4 Å². The number of fused-ring (bicyclic) bond motifs is 1. The molecule has 6 heteroatoms. The third-order valence-corrected chi connectivity index (χ3v) is 1.59. The van der Waals surface area contributed by atoms with E-state index in [-0.39, 0.29) is 11.1 Å². The van der Waals surface area contributed by atoms with Gasteiger partial charge in [0.15, 0.2) is 5.65 Å². The van der Waals surface area contributed by atoms with Crippen LogP contribution in [0.3, 0.4) is 0 Å². The lowest BCUT2D eigenvalue weighted by atomic mass is 10.3. The molecule has 0 fully saturated rings. The second-order valence-corrected chi connectivity index (χ2v) is 2.50. The van der Waals surface area contributed by atoms with Gasteiger partial charge < -0.3 is 5.11 Å². The number of carboxylic acid groups (broad SMARTS) is 1. The summed E-state index contributed by atoms with van der Waals surface area (Å²) in [6, 6.07) is 1.28. The first-order valence-corrected chi connectivity index (χ1v) is 3.47. The second kappa shape index (κ2) is 2.44. The SMILES string of the molecule is O=C(O)c1cnc2cc(=O)[nH]n2c1. The van der Waals surface area contributed by atoms with E-state index >= 15 is 0 Å². The molecule has 2 aromatic heterocycles. The predicted molar refractivity (Wildman–Crippen MR) is 42.8 cm³/mol. The Morgan fingerprint density at radius 1 is 1.62 bits per heavy atom. The smallest absolute Gasteiger partial charge is 0.338 e. The molecule has 2 N–H and O–H groups in total. The summed E-state index contributed by atoms with van der Waals surface area (Å²) in [7, 11) is 0. The van der Waals surface area contributed by atoms with Gasteiger partial charge in [-0.3, -0.25) is 9.89 Å². The third-order valence-electron chi connectivity index (χ3n) is 1.59. The van der Waals surface area contributed by atoms with Crippen LogP contribution in [-0.2, 0) is 0 Å². The highest BCUT2D eigenvalue weighted by Gasteiger charge is 2.04. The molecule has 0 amide bonds. The Morgan fingerprint density at radius 3 is 3.08 bits per heavy atom. The summed E-state index contributed by atoms with van der Waals surface area (Å²) in [4.78, 5) is 25.1. The molecule has 0 unspecified atom stereocenters. The van der Waals surface area contributed by atoms with Crippen molar-refractivity contribution in [3.05, 3.63) is 34.4 Å². The summed E-state index contributed by atoms with van der Waals surface area (Å²) in [5.41, 5.74) is 0.115. The number of H-pyrrole nitrogens is 1. The van der Waals surface area contributed by atoms with E-state index in [1.165, 1.54) is 23.0 Å². The number of hydrogen-bond donors (Lipinski definition) is 2. The van der Waals surface area contributed by atoms with Crippen molar-refractivity contribution in [2.45, 2.75) is 0 Å². The van der Waals surface area contributed by atoms with Gasteiger partial charge in [0, 0.05) is 18.5 Å². The number of nitrogens with one attached hydrogen (secondary N) is 1. The first kappa shape index (κ1) is 7.53. The molecule has 66 valence electrons. The molecule has 0 bridgehead atoms. The van der Waals surface area contributed by atoms with E-state index in [1.807, 2.05) is 0 Å². The van der Waals surface area contributed by atoms with Crippen molar-refractivity contribution in [2.24, 2.45) is 0 Å². The summed E-state index contributed by atoms with van der Waals surface area (Å²) in [6.45, 7) is 0. The number of aromatic amines is 1. The quantitative estimate of drug-likeness (QED) is 0.630. The first-order valence-electron chi connectivity index (χ1n) is 3.47. The van der Waals surface area contributed by atoms with Gasteiger partial charge in [0.1, 0.15) is 0 Å². The Bertz CT molecular complexity index is 525. The van der Waals surface area contributed by atoms with Gasteiger partial charge in [-0.05, 0) is 0 Å². The normalized spacial score (nSPS) is 10.5. The Kier molecular flexibility index (Phi) is 1.42. The van der Waals surface area contributed by atoms with Crippen LogP contribution in [0.25, 0.3) is 5.65 Å². The number of nitrogens with zero attached hydrogens (tertiary/aromatic N) is 2. The van der Waals surface area contributed by atoms with Crippen molar-refractivity contribution >= 4 is 11.6 Å². The maximum Gasteiger partial charge on any atom is 0.338 e. The zero-order chi connectivity index (χ0) is 9.42. The molecular weight excluding hydrogens is 174 g/mol. The number of aromatic nitrogens is 3. The van der Waals surface area contributed by atoms with Gasteiger partial charge in [0.05, 0.1) is 5.56 Å².